The number of aromatic nitrogens is 3. The molecule has 0 fully saturated rings. The molecule has 0 N–H and O–H groups in total. The number of ether oxygens (including phenoxy) is 4. The maximum atomic E-state index is 5.43. The molecule has 0 aliphatic rings. The summed E-state index contributed by atoms with van der Waals surface area (Å²) in [6.07, 6.45) is 2.65. The van der Waals surface area contributed by atoms with Crippen LogP contribution in [0.15, 0.2) is 36.4 Å². The lowest BCUT2D eigenvalue weighted by atomic mass is 10.1. The summed E-state index contributed by atoms with van der Waals surface area (Å²) in [5, 5.41) is 0. The van der Waals surface area contributed by atoms with Crippen LogP contribution in [0.2, 0.25) is 0 Å². The lowest BCUT2D eigenvalue weighted by Gasteiger charge is -2.11. The summed E-state index contributed by atoms with van der Waals surface area (Å²) >= 11 is 0. The van der Waals surface area contributed by atoms with Crippen LogP contribution in [0.5, 0.6) is 23.0 Å². The highest BCUT2D eigenvalue weighted by molar-refractivity contribution is 5.70. The largest absolute Gasteiger partial charge is 0.497 e. The molecule has 1 radical (unpaired) electrons. The van der Waals surface area contributed by atoms with Crippen molar-refractivity contribution in [3.63, 3.8) is 0 Å². The van der Waals surface area contributed by atoms with Crippen LogP contribution in [0.3, 0.4) is 0 Å². The highest BCUT2D eigenvalue weighted by atomic mass is 16.5. The Morgan fingerprint density at radius 1 is 0.654 bits per heavy atom. The minimum atomic E-state index is 0.437. The van der Waals surface area contributed by atoms with Crippen LogP contribution < -0.4 is 18.9 Å². The number of methoxy groups -OCH3 is 4. The number of hydrogen-bond donors (Lipinski definition) is 0. The van der Waals surface area contributed by atoms with Gasteiger partial charge in [-0.05, 0) is 24.3 Å². The Kier molecular flexibility index (Phi) is 5.17. The summed E-state index contributed by atoms with van der Waals surface area (Å²) in [5.41, 5.74) is 1.42. The van der Waals surface area contributed by atoms with Crippen LogP contribution in [-0.4, -0.2) is 43.4 Å². The molecule has 0 bridgehead atoms. The van der Waals surface area contributed by atoms with Gasteiger partial charge >= 0.3 is 0 Å². The van der Waals surface area contributed by atoms with Crippen LogP contribution in [0.4, 0.5) is 0 Å². The van der Waals surface area contributed by atoms with Crippen molar-refractivity contribution in [2.75, 3.05) is 28.4 Å². The fourth-order valence-corrected chi connectivity index (χ4v) is 2.48. The Bertz CT molecular complexity index is 844. The zero-order chi connectivity index (χ0) is 18.5. The molecule has 26 heavy (non-hydrogen) atoms. The predicted octanol–water partition coefficient (Wildman–Crippen LogP) is 3.04. The van der Waals surface area contributed by atoms with E-state index in [9.17, 15) is 0 Å². The van der Waals surface area contributed by atoms with Gasteiger partial charge in [0.1, 0.15) is 23.0 Å². The summed E-state index contributed by atoms with van der Waals surface area (Å²) in [6.45, 7) is 0. The Morgan fingerprint density at radius 3 is 1.50 bits per heavy atom. The van der Waals surface area contributed by atoms with Crippen molar-refractivity contribution in [2.45, 2.75) is 0 Å². The van der Waals surface area contributed by atoms with Gasteiger partial charge in [-0.25, -0.2) is 15.0 Å². The first-order valence-corrected chi connectivity index (χ1v) is 7.77. The van der Waals surface area contributed by atoms with E-state index >= 15 is 0 Å². The van der Waals surface area contributed by atoms with E-state index in [0.717, 1.165) is 0 Å². The molecular weight excluding hydrogens is 334 g/mol. The standard InChI is InChI=1S/C19H18N3O4/c1-23-12-5-7-14(16(9-12)25-3)18-20-11-21-19(22-18)15-8-6-13(24-2)10-17(15)26-4/h5-10H,1-4H3. The lowest BCUT2D eigenvalue weighted by Crippen LogP contribution is -1.99. The van der Waals surface area contributed by atoms with Gasteiger partial charge in [0, 0.05) is 12.1 Å². The molecule has 0 aliphatic carbocycles. The van der Waals surface area contributed by atoms with Crippen molar-refractivity contribution >= 4 is 0 Å². The molecule has 7 nitrogen and oxygen atoms in total. The molecule has 0 unspecified atom stereocenters. The summed E-state index contributed by atoms with van der Waals surface area (Å²) in [6, 6.07) is 10.8. The highest BCUT2D eigenvalue weighted by Crippen LogP contribution is 2.34. The highest BCUT2D eigenvalue weighted by Gasteiger charge is 2.15. The number of hydrogen-bond acceptors (Lipinski definition) is 7. The van der Waals surface area contributed by atoms with Crippen LogP contribution in [0.1, 0.15) is 0 Å². The molecule has 0 saturated carbocycles. The molecular formula is C19H18N3O4. The number of benzene rings is 2. The van der Waals surface area contributed by atoms with Gasteiger partial charge in [0.15, 0.2) is 11.6 Å². The van der Waals surface area contributed by atoms with Gasteiger partial charge in [-0.3, -0.25) is 0 Å². The molecule has 0 aliphatic heterocycles. The van der Waals surface area contributed by atoms with Crippen LogP contribution in [0.25, 0.3) is 22.8 Å². The molecule has 1 aromatic heterocycles. The van der Waals surface area contributed by atoms with Gasteiger partial charge in [0.25, 0.3) is 0 Å². The van der Waals surface area contributed by atoms with E-state index < -0.39 is 0 Å². The van der Waals surface area contributed by atoms with Gasteiger partial charge < -0.3 is 18.9 Å². The van der Waals surface area contributed by atoms with Crippen molar-refractivity contribution in [1.82, 2.24) is 15.0 Å². The average molecular weight is 352 g/mol. The van der Waals surface area contributed by atoms with Gasteiger partial charge in [-0.1, -0.05) is 0 Å². The SMILES string of the molecule is COc1ccc(-c2n[c]nc(-c3ccc(OC)cc3OC)n2)c(OC)c1. The minimum Gasteiger partial charge on any atom is -0.497 e. The number of nitrogens with zero attached hydrogens (tertiary/aromatic N) is 3. The topological polar surface area (TPSA) is 75.6 Å². The predicted molar refractivity (Wildman–Crippen MR) is 95.7 cm³/mol. The Balaban J connectivity index is 2.07. The second-order valence-electron chi connectivity index (χ2n) is 5.22. The van der Waals surface area contributed by atoms with Crippen LogP contribution >= 0.6 is 0 Å². The van der Waals surface area contributed by atoms with Gasteiger partial charge in [-0.15, -0.1) is 0 Å². The summed E-state index contributed by atoms with van der Waals surface area (Å²) < 4.78 is 21.3. The normalized spacial score (nSPS) is 10.3. The van der Waals surface area contributed by atoms with E-state index in [4.69, 9.17) is 18.9 Å². The molecule has 1 heterocycles. The quantitative estimate of drug-likeness (QED) is 0.675. The molecule has 3 rings (SSSR count). The summed E-state index contributed by atoms with van der Waals surface area (Å²) in [5.74, 6) is 3.43. The third kappa shape index (κ3) is 3.37. The van der Waals surface area contributed by atoms with E-state index in [1.807, 2.05) is 24.3 Å². The molecule has 7 heteroatoms. The molecule has 0 saturated heterocycles. The maximum Gasteiger partial charge on any atom is 0.202 e. The van der Waals surface area contributed by atoms with Crippen molar-refractivity contribution in [3.05, 3.63) is 42.7 Å². The molecule has 0 atom stereocenters. The van der Waals surface area contributed by atoms with Gasteiger partial charge in [-0.2, -0.15) is 0 Å². The first-order chi connectivity index (χ1) is 12.7. The fourth-order valence-electron chi connectivity index (χ4n) is 2.48. The third-order valence-corrected chi connectivity index (χ3v) is 3.82. The fraction of sp³-hybridized carbons (Fsp3) is 0.211. The van der Waals surface area contributed by atoms with Crippen LogP contribution in [-0.2, 0) is 0 Å². The van der Waals surface area contributed by atoms with Crippen molar-refractivity contribution < 1.29 is 18.9 Å². The molecule has 2 aromatic carbocycles. The van der Waals surface area contributed by atoms with E-state index in [-0.39, 0.29) is 0 Å². The van der Waals surface area contributed by atoms with E-state index in [0.29, 0.717) is 45.8 Å². The Hall–Kier alpha value is -3.35. The van der Waals surface area contributed by atoms with Crippen molar-refractivity contribution in [2.24, 2.45) is 0 Å². The summed E-state index contributed by atoms with van der Waals surface area (Å²) in [4.78, 5) is 12.9. The van der Waals surface area contributed by atoms with Gasteiger partial charge in [0.2, 0.25) is 6.33 Å². The zero-order valence-electron chi connectivity index (χ0n) is 14.9. The molecule has 0 spiro atoms. The molecule has 0 amide bonds. The zero-order valence-corrected chi connectivity index (χ0v) is 14.9. The maximum absolute atomic E-state index is 5.43. The molecule has 3 aromatic rings. The first kappa shape index (κ1) is 17.5. The van der Waals surface area contributed by atoms with E-state index in [1.54, 1.807) is 40.6 Å². The van der Waals surface area contributed by atoms with Crippen LogP contribution in [0, 0.1) is 6.33 Å². The van der Waals surface area contributed by atoms with Gasteiger partial charge in [0.05, 0.1) is 39.6 Å². The molecule has 133 valence electrons. The van der Waals surface area contributed by atoms with Crippen molar-refractivity contribution in [3.8, 4) is 45.8 Å². The third-order valence-electron chi connectivity index (χ3n) is 3.82. The van der Waals surface area contributed by atoms with E-state index in [2.05, 4.69) is 21.3 Å². The summed E-state index contributed by atoms with van der Waals surface area (Å²) in [7, 11) is 6.35. The second-order valence-corrected chi connectivity index (χ2v) is 5.22. The smallest absolute Gasteiger partial charge is 0.202 e. The monoisotopic (exact) mass is 352 g/mol. The van der Waals surface area contributed by atoms with Crippen molar-refractivity contribution in [1.29, 1.82) is 0 Å². The minimum absolute atomic E-state index is 0.437. The number of rotatable bonds is 6. The first-order valence-electron chi connectivity index (χ1n) is 7.77. The van der Waals surface area contributed by atoms with E-state index in [1.165, 1.54) is 0 Å². The lowest BCUT2D eigenvalue weighted by molar-refractivity contribution is 0.395. The average Bonchev–Trinajstić information content (AvgIpc) is 2.72. The Morgan fingerprint density at radius 2 is 1.12 bits per heavy atom. The Labute approximate surface area is 151 Å². The second kappa shape index (κ2) is 7.69.